The number of nitrogens with one attached hydrogen (secondary N) is 2. The van der Waals surface area contributed by atoms with Crippen LogP contribution in [0.4, 0.5) is 13.2 Å². The Kier molecular flexibility index (Phi) is 5.17. The number of benzene rings is 1. The summed E-state index contributed by atoms with van der Waals surface area (Å²) in [5, 5.41) is 2.83. The largest absolute Gasteiger partial charge is 0.416 e. The van der Waals surface area contributed by atoms with Gasteiger partial charge in [0.2, 0.25) is 10.0 Å². The van der Waals surface area contributed by atoms with Gasteiger partial charge in [-0.2, -0.15) is 13.2 Å². The van der Waals surface area contributed by atoms with Crippen molar-refractivity contribution < 1.29 is 21.6 Å². The summed E-state index contributed by atoms with van der Waals surface area (Å²) in [7, 11) is -2.31. The quantitative estimate of drug-likeness (QED) is 0.873. The molecular weight excluding hydrogens is 293 g/mol. The van der Waals surface area contributed by atoms with Gasteiger partial charge in [0.05, 0.1) is 10.5 Å². The summed E-state index contributed by atoms with van der Waals surface area (Å²) in [5.74, 6) is 0. The zero-order valence-electron chi connectivity index (χ0n) is 11.4. The molecule has 1 rings (SSSR count). The van der Waals surface area contributed by atoms with Crippen LogP contribution in [0.2, 0.25) is 0 Å². The summed E-state index contributed by atoms with van der Waals surface area (Å²) in [6.07, 6.45) is -4.57. The second-order valence-corrected chi connectivity index (χ2v) is 6.26. The van der Waals surface area contributed by atoms with E-state index in [2.05, 4.69) is 10.0 Å². The van der Waals surface area contributed by atoms with Crippen molar-refractivity contribution in [2.45, 2.75) is 31.0 Å². The van der Waals surface area contributed by atoms with Crippen LogP contribution >= 0.6 is 0 Å². The molecule has 20 heavy (non-hydrogen) atoms. The molecule has 0 radical (unpaired) electrons. The first-order valence-corrected chi connectivity index (χ1v) is 7.41. The standard InChI is InChI=1S/C12H17F3N2O2S/c1-8-4-5-10(12(13,14)15)6-11(8)20(18,19)17-7-9(2)16-3/h4-6,9,16-17H,7H2,1-3H3. The van der Waals surface area contributed by atoms with Gasteiger partial charge in [-0.1, -0.05) is 6.07 Å². The lowest BCUT2D eigenvalue weighted by molar-refractivity contribution is -0.137. The van der Waals surface area contributed by atoms with Crippen molar-refractivity contribution in [1.29, 1.82) is 0 Å². The van der Waals surface area contributed by atoms with E-state index in [1.54, 1.807) is 14.0 Å². The number of hydrogen-bond donors (Lipinski definition) is 2. The van der Waals surface area contributed by atoms with E-state index in [9.17, 15) is 21.6 Å². The second-order valence-electron chi connectivity index (χ2n) is 4.52. The van der Waals surface area contributed by atoms with E-state index >= 15 is 0 Å². The zero-order chi connectivity index (χ0) is 15.6. The minimum atomic E-state index is -4.57. The van der Waals surface area contributed by atoms with Crippen LogP contribution in [-0.2, 0) is 16.2 Å². The lowest BCUT2D eigenvalue weighted by atomic mass is 10.1. The van der Waals surface area contributed by atoms with Gasteiger partial charge in [-0.05, 0) is 38.6 Å². The van der Waals surface area contributed by atoms with E-state index in [0.29, 0.717) is 6.07 Å². The molecule has 2 N–H and O–H groups in total. The summed E-state index contributed by atoms with van der Waals surface area (Å²) < 4.78 is 64.3. The normalized spacial score (nSPS) is 14.3. The van der Waals surface area contributed by atoms with Crippen LogP contribution < -0.4 is 10.0 Å². The van der Waals surface area contributed by atoms with E-state index in [4.69, 9.17) is 0 Å². The molecule has 0 heterocycles. The Hall–Kier alpha value is -1.12. The summed E-state index contributed by atoms with van der Waals surface area (Å²) in [6, 6.07) is 2.54. The Morgan fingerprint density at radius 1 is 1.30 bits per heavy atom. The molecule has 0 aromatic heterocycles. The molecule has 114 valence electrons. The van der Waals surface area contributed by atoms with Crippen LogP contribution in [0.25, 0.3) is 0 Å². The fraction of sp³-hybridized carbons (Fsp3) is 0.500. The summed E-state index contributed by atoms with van der Waals surface area (Å²) in [5.41, 5.74) is -0.715. The third-order valence-corrected chi connectivity index (χ3v) is 4.44. The highest BCUT2D eigenvalue weighted by atomic mass is 32.2. The number of halogens is 3. The predicted molar refractivity (Wildman–Crippen MR) is 69.9 cm³/mol. The van der Waals surface area contributed by atoms with Crippen molar-refractivity contribution in [2.24, 2.45) is 0 Å². The van der Waals surface area contributed by atoms with Crippen LogP contribution in [0.1, 0.15) is 18.1 Å². The molecule has 0 saturated heterocycles. The molecule has 0 spiro atoms. The highest BCUT2D eigenvalue weighted by Gasteiger charge is 2.32. The van der Waals surface area contributed by atoms with Crippen LogP contribution in [0, 0.1) is 6.92 Å². The average Bonchev–Trinajstić information content (AvgIpc) is 2.34. The molecule has 0 aliphatic heterocycles. The average molecular weight is 310 g/mol. The maximum absolute atomic E-state index is 12.6. The number of sulfonamides is 1. The highest BCUT2D eigenvalue weighted by Crippen LogP contribution is 2.31. The van der Waals surface area contributed by atoms with Gasteiger partial charge in [0.25, 0.3) is 0 Å². The van der Waals surface area contributed by atoms with Crippen molar-refractivity contribution in [3.05, 3.63) is 29.3 Å². The number of alkyl halides is 3. The molecule has 0 saturated carbocycles. The molecule has 4 nitrogen and oxygen atoms in total. The highest BCUT2D eigenvalue weighted by molar-refractivity contribution is 7.89. The molecule has 0 aliphatic rings. The molecule has 1 aromatic carbocycles. The summed E-state index contributed by atoms with van der Waals surface area (Å²) in [6.45, 7) is 3.30. The van der Waals surface area contributed by atoms with Gasteiger partial charge in [0, 0.05) is 12.6 Å². The van der Waals surface area contributed by atoms with Gasteiger partial charge in [0.15, 0.2) is 0 Å². The van der Waals surface area contributed by atoms with Crippen molar-refractivity contribution >= 4 is 10.0 Å². The zero-order valence-corrected chi connectivity index (χ0v) is 12.2. The van der Waals surface area contributed by atoms with E-state index in [0.717, 1.165) is 12.1 Å². The van der Waals surface area contributed by atoms with Crippen molar-refractivity contribution in [1.82, 2.24) is 10.0 Å². The predicted octanol–water partition coefficient (Wildman–Crippen LogP) is 1.90. The maximum atomic E-state index is 12.6. The Morgan fingerprint density at radius 3 is 2.40 bits per heavy atom. The van der Waals surface area contributed by atoms with Gasteiger partial charge in [-0.15, -0.1) is 0 Å². The maximum Gasteiger partial charge on any atom is 0.416 e. The monoisotopic (exact) mass is 310 g/mol. The third-order valence-electron chi connectivity index (χ3n) is 2.88. The Balaban J connectivity index is 3.11. The van der Waals surface area contributed by atoms with E-state index < -0.39 is 21.8 Å². The number of rotatable bonds is 5. The van der Waals surface area contributed by atoms with Gasteiger partial charge in [0.1, 0.15) is 0 Å². The smallest absolute Gasteiger partial charge is 0.316 e. The minimum absolute atomic E-state index is 0.0918. The fourth-order valence-corrected chi connectivity index (χ4v) is 2.88. The third kappa shape index (κ3) is 4.19. The Labute approximate surface area is 116 Å². The summed E-state index contributed by atoms with van der Waals surface area (Å²) in [4.78, 5) is -0.351. The van der Waals surface area contributed by atoms with Gasteiger partial charge < -0.3 is 5.32 Å². The molecule has 1 aromatic rings. The van der Waals surface area contributed by atoms with Gasteiger partial charge in [-0.3, -0.25) is 0 Å². The Morgan fingerprint density at radius 2 is 1.90 bits per heavy atom. The molecule has 8 heteroatoms. The van der Waals surface area contributed by atoms with Crippen LogP contribution in [0.5, 0.6) is 0 Å². The molecule has 1 unspecified atom stereocenters. The number of hydrogen-bond acceptors (Lipinski definition) is 3. The van der Waals surface area contributed by atoms with Crippen LogP contribution in [0.3, 0.4) is 0 Å². The van der Waals surface area contributed by atoms with Crippen molar-refractivity contribution in [2.75, 3.05) is 13.6 Å². The first-order chi connectivity index (χ1) is 9.08. The molecule has 0 fully saturated rings. The fourth-order valence-electron chi connectivity index (χ4n) is 1.48. The second kappa shape index (κ2) is 6.11. The molecule has 0 bridgehead atoms. The summed E-state index contributed by atoms with van der Waals surface area (Å²) >= 11 is 0. The van der Waals surface area contributed by atoms with Crippen LogP contribution in [-0.4, -0.2) is 28.1 Å². The van der Waals surface area contributed by atoms with E-state index in [1.807, 2.05) is 0 Å². The van der Waals surface area contributed by atoms with Crippen LogP contribution in [0.15, 0.2) is 23.1 Å². The number of aryl methyl sites for hydroxylation is 1. The minimum Gasteiger partial charge on any atom is -0.316 e. The lowest BCUT2D eigenvalue weighted by Crippen LogP contribution is -2.37. The molecule has 1 atom stereocenters. The molecule has 0 amide bonds. The van der Waals surface area contributed by atoms with E-state index in [-0.39, 0.29) is 23.0 Å². The molecular formula is C12H17F3N2O2S. The van der Waals surface area contributed by atoms with Gasteiger partial charge in [-0.25, -0.2) is 13.1 Å². The first-order valence-electron chi connectivity index (χ1n) is 5.92. The SMILES string of the molecule is CNC(C)CNS(=O)(=O)c1cc(C(F)(F)F)ccc1C. The topological polar surface area (TPSA) is 58.2 Å². The van der Waals surface area contributed by atoms with Crippen molar-refractivity contribution in [3.8, 4) is 0 Å². The van der Waals surface area contributed by atoms with Crippen molar-refractivity contribution in [3.63, 3.8) is 0 Å². The van der Waals surface area contributed by atoms with E-state index in [1.165, 1.54) is 6.92 Å². The van der Waals surface area contributed by atoms with Gasteiger partial charge >= 0.3 is 6.18 Å². The molecule has 0 aliphatic carbocycles. The first kappa shape index (κ1) is 16.9. The number of likely N-dealkylation sites (N-methyl/N-ethyl adjacent to an activating group) is 1. The lowest BCUT2D eigenvalue weighted by Gasteiger charge is -2.15. The Bertz CT molecular complexity index is 571.